The molecule has 5 nitrogen and oxygen atoms in total. The minimum atomic E-state index is 0.0685. The number of aromatic nitrogens is 1. The van der Waals surface area contributed by atoms with Gasteiger partial charge in [0.25, 0.3) is 0 Å². The van der Waals surface area contributed by atoms with Crippen LogP contribution in [0.25, 0.3) is 10.2 Å². The van der Waals surface area contributed by atoms with E-state index in [1.165, 1.54) is 11.3 Å². The molecule has 0 bridgehead atoms. The van der Waals surface area contributed by atoms with Crippen molar-refractivity contribution in [2.75, 3.05) is 31.3 Å². The second kappa shape index (κ2) is 8.27. The maximum absolute atomic E-state index is 13.0. The number of carbonyl (C=O) groups is 1. The van der Waals surface area contributed by atoms with Gasteiger partial charge in [0, 0.05) is 31.7 Å². The van der Waals surface area contributed by atoms with E-state index in [4.69, 9.17) is 11.4 Å². The van der Waals surface area contributed by atoms with Crippen LogP contribution in [0.4, 0.5) is 11.4 Å². The van der Waals surface area contributed by atoms with Crippen molar-refractivity contribution in [2.45, 2.75) is 11.4 Å². The molecule has 0 aliphatic carbocycles. The number of Topliss-reactive ketones (excluding diaryl/α,β-unsaturated/α-hetero) is 1. The first kappa shape index (κ1) is 19.5. The summed E-state index contributed by atoms with van der Waals surface area (Å²) in [5.74, 6) is 3.35. The largest absolute Gasteiger partial charge is 0.377 e. The van der Waals surface area contributed by atoms with Gasteiger partial charge in [0.05, 0.1) is 35.4 Å². The van der Waals surface area contributed by atoms with Crippen LogP contribution in [0.3, 0.4) is 0 Å². The Morgan fingerprint density at radius 2 is 2.14 bits per heavy atom. The Bertz CT molecular complexity index is 1140. The molecule has 0 saturated carbocycles. The van der Waals surface area contributed by atoms with Crippen LogP contribution < -0.4 is 4.90 Å². The molecule has 2 aromatic heterocycles. The van der Waals surface area contributed by atoms with Crippen LogP contribution >= 0.6 is 23.1 Å². The molecule has 146 valence electrons. The van der Waals surface area contributed by atoms with E-state index in [1.54, 1.807) is 24.3 Å². The van der Waals surface area contributed by atoms with Gasteiger partial charge in [-0.1, -0.05) is 24.1 Å². The smallest absolute Gasteiger partial charge is 0.194 e. The number of anilines is 1. The molecule has 0 spiro atoms. The standard InChI is InChI=1S/C22H20N4OS2/c1-4-11-28-18-8-6-5-7-15(18)12-26-13-17(27)21-20(24-14-26)19-16(25(2)3)9-10-23-22(19)29-21/h1,5-10,14H,11-13H2,2-3H3. The van der Waals surface area contributed by atoms with Gasteiger partial charge in [0.15, 0.2) is 5.78 Å². The topological polar surface area (TPSA) is 48.8 Å². The lowest BCUT2D eigenvalue weighted by Gasteiger charge is -2.19. The van der Waals surface area contributed by atoms with Crippen molar-refractivity contribution in [3.63, 3.8) is 0 Å². The first-order valence-electron chi connectivity index (χ1n) is 9.13. The molecule has 0 atom stereocenters. The molecular weight excluding hydrogens is 400 g/mol. The van der Waals surface area contributed by atoms with Crippen molar-refractivity contribution < 1.29 is 4.79 Å². The first-order chi connectivity index (χ1) is 14.1. The van der Waals surface area contributed by atoms with Gasteiger partial charge < -0.3 is 9.80 Å². The minimum Gasteiger partial charge on any atom is -0.377 e. The van der Waals surface area contributed by atoms with Crippen molar-refractivity contribution in [1.82, 2.24) is 9.88 Å². The van der Waals surface area contributed by atoms with E-state index in [1.807, 2.05) is 42.1 Å². The molecule has 0 fully saturated rings. The Kier molecular flexibility index (Phi) is 5.56. The molecule has 0 N–H and O–H groups in total. The summed E-state index contributed by atoms with van der Waals surface area (Å²) < 4.78 is 0. The van der Waals surface area contributed by atoms with Crippen molar-refractivity contribution in [2.24, 2.45) is 4.99 Å². The monoisotopic (exact) mass is 420 g/mol. The summed E-state index contributed by atoms with van der Waals surface area (Å²) in [5, 5.41) is 0.939. The van der Waals surface area contributed by atoms with Crippen LogP contribution in [0.5, 0.6) is 0 Å². The van der Waals surface area contributed by atoms with E-state index in [0.29, 0.717) is 17.2 Å². The number of hydrogen-bond donors (Lipinski definition) is 0. The number of rotatable bonds is 5. The van der Waals surface area contributed by atoms with Gasteiger partial charge in [-0.3, -0.25) is 4.79 Å². The number of pyridine rings is 1. The predicted molar refractivity (Wildman–Crippen MR) is 123 cm³/mol. The number of nitrogens with zero attached hydrogens (tertiary/aromatic N) is 4. The SMILES string of the molecule is C#CCSc1ccccc1CN1C=Nc2c(sc3nccc(N(C)C)c23)C(=O)C1. The number of benzene rings is 1. The number of ketones is 1. The van der Waals surface area contributed by atoms with Gasteiger partial charge in [-0.05, 0) is 17.7 Å². The van der Waals surface area contributed by atoms with Crippen LogP contribution in [-0.4, -0.2) is 48.4 Å². The third-order valence-corrected chi connectivity index (χ3v) is 6.78. The van der Waals surface area contributed by atoms with E-state index < -0.39 is 0 Å². The molecule has 4 rings (SSSR count). The summed E-state index contributed by atoms with van der Waals surface area (Å²) in [5.41, 5.74) is 2.88. The lowest BCUT2D eigenvalue weighted by atomic mass is 10.2. The number of carbonyl (C=O) groups excluding carboxylic acids is 1. The summed E-state index contributed by atoms with van der Waals surface area (Å²) in [6.45, 7) is 0.892. The van der Waals surface area contributed by atoms with Crippen molar-refractivity contribution in [3.8, 4) is 12.3 Å². The molecule has 1 aromatic carbocycles. The van der Waals surface area contributed by atoms with Crippen molar-refractivity contribution >= 4 is 56.8 Å². The van der Waals surface area contributed by atoms with E-state index in [9.17, 15) is 4.79 Å². The number of fused-ring (bicyclic) bond motifs is 3. The second-order valence-corrected chi connectivity index (χ2v) is 8.87. The Hall–Kier alpha value is -2.82. The Morgan fingerprint density at radius 3 is 2.93 bits per heavy atom. The highest BCUT2D eigenvalue weighted by Gasteiger charge is 2.25. The maximum atomic E-state index is 13.0. The number of aliphatic imine (C=N–C) groups is 1. The fourth-order valence-corrected chi connectivity index (χ4v) is 5.09. The highest BCUT2D eigenvalue weighted by atomic mass is 32.2. The summed E-state index contributed by atoms with van der Waals surface area (Å²) in [6, 6.07) is 10.1. The summed E-state index contributed by atoms with van der Waals surface area (Å²) in [6.07, 6.45) is 8.97. The van der Waals surface area contributed by atoms with E-state index in [2.05, 4.69) is 23.0 Å². The molecule has 0 amide bonds. The highest BCUT2D eigenvalue weighted by Crippen LogP contribution is 2.42. The van der Waals surface area contributed by atoms with Gasteiger partial charge in [0.2, 0.25) is 0 Å². The Balaban J connectivity index is 1.68. The predicted octanol–water partition coefficient (Wildman–Crippen LogP) is 4.45. The van der Waals surface area contributed by atoms with E-state index in [-0.39, 0.29) is 12.3 Å². The molecule has 3 aromatic rings. The molecule has 1 aliphatic rings. The number of terminal acetylenes is 1. The van der Waals surface area contributed by atoms with E-state index in [0.717, 1.165) is 32.1 Å². The first-order valence-corrected chi connectivity index (χ1v) is 10.9. The summed E-state index contributed by atoms with van der Waals surface area (Å²) in [7, 11) is 3.97. The van der Waals surface area contributed by atoms with E-state index >= 15 is 0 Å². The molecule has 0 radical (unpaired) electrons. The summed E-state index contributed by atoms with van der Waals surface area (Å²) in [4.78, 5) is 28.8. The molecule has 3 heterocycles. The summed E-state index contributed by atoms with van der Waals surface area (Å²) >= 11 is 3.06. The molecule has 1 aliphatic heterocycles. The number of thiophene rings is 1. The lowest BCUT2D eigenvalue weighted by Crippen LogP contribution is -2.27. The van der Waals surface area contributed by atoms with Crippen LogP contribution in [0.2, 0.25) is 0 Å². The Labute approximate surface area is 178 Å². The molecule has 7 heteroatoms. The normalized spacial score (nSPS) is 13.3. The van der Waals surface area contributed by atoms with Gasteiger partial charge >= 0.3 is 0 Å². The second-order valence-electron chi connectivity index (χ2n) is 6.86. The zero-order valence-electron chi connectivity index (χ0n) is 16.3. The highest BCUT2D eigenvalue weighted by molar-refractivity contribution is 7.99. The zero-order valence-corrected chi connectivity index (χ0v) is 17.9. The van der Waals surface area contributed by atoms with Crippen LogP contribution in [0, 0.1) is 12.3 Å². The van der Waals surface area contributed by atoms with Crippen LogP contribution in [-0.2, 0) is 6.54 Å². The molecule has 0 unspecified atom stereocenters. The van der Waals surface area contributed by atoms with Gasteiger partial charge in [0.1, 0.15) is 9.71 Å². The van der Waals surface area contributed by atoms with Gasteiger partial charge in [-0.2, -0.15) is 0 Å². The lowest BCUT2D eigenvalue weighted by molar-refractivity contribution is 0.0969. The minimum absolute atomic E-state index is 0.0685. The maximum Gasteiger partial charge on any atom is 0.194 e. The fourth-order valence-electron chi connectivity index (χ4n) is 3.32. The third-order valence-electron chi connectivity index (χ3n) is 4.63. The molecule has 29 heavy (non-hydrogen) atoms. The third kappa shape index (κ3) is 3.86. The number of hydrogen-bond acceptors (Lipinski definition) is 7. The van der Waals surface area contributed by atoms with Crippen LogP contribution in [0.15, 0.2) is 46.4 Å². The van der Waals surface area contributed by atoms with Crippen LogP contribution in [0.1, 0.15) is 15.2 Å². The van der Waals surface area contributed by atoms with Crippen molar-refractivity contribution in [3.05, 3.63) is 47.0 Å². The van der Waals surface area contributed by atoms with Gasteiger partial charge in [-0.15, -0.1) is 29.5 Å². The fraction of sp³-hybridized carbons (Fsp3) is 0.227. The van der Waals surface area contributed by atoms with Crippen molar-refractivity contribution in [1.29, 1.82) is 0 Å². The van der Waals surface area contributed by atoms with Gasteiger partial charge in [-0.25, -0.2) is 9.98 Å². The average Bonchev–Trinajstić information content (AvgIpc) is 3.02. The molecular formula is C22H20N4OS2. The quantitative estimate of drug-likeness (QED) is 0.451. The zero-order chi connectivity index (χ0) is 20.4. The molecule has 0 saturated heterocycles. The average molecular weight is 421 g/mol. The number of thioether (sulfide) groups is 1. The Morgan fingerprint density at radius 1 is 1.31 bits per heavy atom.